The molecule has 3 heterocycles. The molecule has 3 fully saturated rings. The van der Waals surface area contributed by atoms with Crippen LogP contribution in [0.2, 0.25) is 0 Å². The Balaban J connectivity index is 1.33. The number of methoxy groups -OCH3 is 2. The molecule has 2 saturated heterocycles. The minimum Gasteiger partial charge on any atom is -0.487 e. The molecule has 0 spiro atoms. The van der Waals surface area contributed by atoms with Gasteiger partial charge >= 0.3 is 5.97 Å². The minimum absolute atomic E-state index is 0.0229. The largest absolute Gasteiger partial charge is 0.487 e. The third-order valence-electron chi connectivity index (χ3n) is 14.6. The number of nitrogens with zero attached hydrogens (tertiary/aromatic N) is 1. The Morgan fingerprint density at radius 3 is 2.31 bits per heavy atom. The van der Waals surface area contributed by atoms with Crippen molar-refractivity contribution in [2.75, 3.05) is 20.8 Å². The number of esters is 1. The Labute approximate surface area is 384 Å². The summed E-state index contributed by atoms with van der Waals surface area (Å²) in [6, 6.07) is 12.6. The summed E-state index contributed by atoms with van der Waals surface area (Å²) in [4.78, 5) is 58.4. The standard InChI is InChI=1S/C52H73NO12/c1-9-36-24-30(2)23-31(3)25-45(61-7)48-46(62-8)27-33(5)52(60,65-48)49(57)50(58)53-22-13-12-18-39(53)51(59)64-47(34(6)41(55)29-42(36)56)32(4)26-35-20-21-40(54)44(28-35)63-43-19-14-16-37-15-10-11-17-38(37)43/h10-11,14-17,19,24,26,31,33-36,39-41,44-48,54-55,60H,9,12-13,18,20-23,25,27-29H2,1-8H3/b30-24+,32-26?. The summed E-state index contributed by atoms with van der Waals surface area (Å²) in [6.07, 6.45) is 3.07. The van der Waals surface area contributed by atoms with Crippen LogP contribution in [0.4, 0.5) is 0 Å². The van der Waals surface area contributed by atoms with Crippen molar-refractivity contribution >= 4 is 34.2 Å². The van der Waals surface area contributed by atoms with E-state index in [2.05, 4.69) is 6.92 Å². The Hall–Kier alpha value is -3.98. The molecule has 3 N–H and O–H groups in total. The van der Waals surface area contributed by atoms with Crippen molar-refractivity contribution in [2.24, 2.45) is 29.6 Å². The van der Waals surface area contributed by atoms with Crippen LogP contribution in [0, 0.1) is 29.6 Å². The van der Waals surface area contributed by atoms with Gasteiger partial charge in [0.05, 0.1) is 24.4 Å². The van der Waals surface area contributed by atoms with E-state index in [0.29, 0.717) is 62.7 Å². The SMILES string of the molecule is CCC1/C=C(\C)CC(C)CC(OC)C2OC(O)(C(=O)C(=O)N3CCCCC3C(=O)OC(C(C)=CC3CCC(O)C(Oc4cccc5ccccc45)C3)C(C)C(O)CC1=O)C(C)CC2OC. The molecule has 1 amide bonds. The maximum atomic E-state index is 14.5. The molecule has 1 saturated carbocycles. The van der Waals surface area contributed by atoms with Gasteiger partial charge in [0.1, 0.15) is 35.9 Å². The van der Waals surface area contributed by atoms with E-state index < -0.39 is 90.0 Å². The van der Waals surface area contributed by atoms with Crippen molar-refractivity contribution in [3.63, 3.8) is 0 Å². The molecule has 3 aliphatic heterocycles. The molecule has 0 radical (unpaired) electrons. The molecule has 0 aromatic heterocycles. The molecule has 2 aromatic rings. The molecule has 2 aromatic carbocycles. The summed E-state index contributed by atoms with van der Waals surface area (Å²) in [6.45, 7) is 11.3. The van der Waals surface area contributed by atoms with Crippen molar-refractivity contribution in [1.29, 1.82) is 0 Å². The number of aliphatic hydroxyl groups excluding tert-OH is 2. The van der Waals surface area contributed by atoms with Gasteiger partial charge in [0.15, 0.2) is 0 Å². The minimum atomic E-state index is -2.52. The zero-order valence-corrected chi connectivity index (χ0v) is 39.7. The van der Waals surface area contributed by atoms with Gasteiger partial charge in [-0.2, -0.15) is 0 Å². The number of Topliss-reactive ketones (excluding diaryl/α,β-unsaturated/α-hetero) is 2. The molecule has 358 valence electrons. The average molecular weight is 904 g/mol. The first-order valence-electron chi connectivity index (χ1n) is 23.9. The van der Waals surface area contributed by atoms with Crippen molar-refractivity contribution < 1.29 is 58.2 Å². The van der Waals surface area contributed by atoms with E-state index in [9.17, 15) is 34.5 Å². The number of hydrogen-bond acceptors (Lipinski definition) is 12. The number of ether oxygens (including phenoxy) is 5. The van der Waals surface area contributed by atoms with Crippen molar-refractivity contribution in [1.82, 2.24) is 4.90 Å². The predicted octanol–water partition coefficient (Wildman–Crippen LogP) is 7.06. The number of carbonyl (C=O) groups excluding carboxylic acids is 4. The molecule has 65 heavy (non-hydrogen) atoms. The molecular weight excluding hydrogens is 831 g/mol. The van der Waals surface area contributed by atoms with E-state index >= 15 is 0 Å². The highest BCUT2D eigenvalue weighted by atomic mass is 16.7. The molecule has 6 rings (SSSR count). The maximum absolute atomic E-state index is 14.5. The lowest BCUT2D eigenvalue weighted by molar-refractivity contribution is -0.302. The zero-order valence-electron chi connectivity index (χ0n) is 39.7. The van der Waals surface area contributed by atoms with E-state index in [1.54, 1.807) is 13.8 Å². The first-order chi connectivity index (χ1) is 31.0. The van der Waals surface area contributed by atoms with E-state index in [1.807, 2.05) is 75.4 Å². The zero-order chi connectivity index (χ0) is 47.2. The lowest BCUT2D eigenvalue weighted by atomic mass is 9.81. The second-order valence-corrected chi connectivity index (χ2v) is 19.5. The van der Waals surface area contributed by atoms with Crippen LogP contribution in [0.5, 0.6) is 5.75 Å². The van der Waals surface area contributed by atoms with Crippen LogP contribution in [0.1, 0.15) is 112 Å². The quantitative estimate of drug-likeness (QED) is 0.147. The van der Waals surface area contributed by atoms with Crippen LogP contribution >= 0.6 is 0 Å². The first-order valence-corrected chi connectivity index (χ1v) is 23.9. The van der Waals surface area contributed by atoms with Gasteiger partial charge in [-0.25, -0.2) is 4.79 Å². The highest BCUT2D eigenvalue weighted by molar-refractivity contribution is 6.39. The van der Waals surface area contributed by atoms with Gasteiger partial charge in [0, 0.05) is 50.3 Å². The van der Waals surface area contributed by atoms with E-state index in [1.165, 1.54) is 19.1 Å². The fourth-order valence-corrected chi connectivity index (χ4v) is 10.7. The number of ketones is 2. The number of hydrogen-bond donors (Lipinski definition) is 3. The highest BCUT2D eigenvalue weighted by Crippen LogP contribution is 2.40. The van der Waals surface area contributed by atoms with Gasteiger partial charge in [-0.3, -0.25) is 14.4 Å². The lowest BCUT2D eigenvalue weighted by Crippen LogP contribution is -2.64. The molecule has 13 heteroatoms. The number of carbonyl (C=O) groups is 4. The predicted molar refractivity (Wildman–Crippen MR) is 246 cm³/mol. The number of benzene rings is 2. The fraction of sp³-hybridized carbons (Fsp3) is 0.654. The van der Waals surface area contributed by atoms with Gasteiger partial charge in [-0.15, -0.1) is 0 Å². The number of aliphatic hydroxyl groups is 3. The highest BCUT2D eigenvalue weighted by Gasteiger charge is 2.56. The van der Waals surface area contributed by atoms with Gasteiger partial charge in [0.25, 0.3) is 11.7 Å². The Kier molecular flexibility index (Phi) is 17.2. The molecule has 4 aliphatic rings. The van der Waals surface area contributed by atoms with Gasteiger partial charge in [-0.1, -0.05) is 81.8 Å². The number of cyclic esters (lactones) is 1. The number of piperidine rings is 1. The second-order valence-electron chi connectivity index (χ2n) is 19.5. The summed E-state index contributed by atoms with van der Waals surface area (Å²) in [5.41, 5.74) is 1.63. The average Bonchev–Trinajstić information content (AvgIpc) is 3.29. The number of fused-ring (bicyclic) bond motifs is 4. The molecule has 1 aliphatic carbocycles. The number of rotatable bonds is 7. The summed E-state index contributed by atoms with van der Waals surface area (Å²) in [5.74, 6) is -7.04. The molecule has 2 bridgehead atoms. The van der Waals surface area contributed by atoms with Crippen LogP contribution in [0.3, 0.4) is 0 Å². The Morgan fingerprint density at radius 1 is 0.877 bits per heavy atom. The topological polar surface area (TPSA) is 178 Å². The fourth-order valence-electron chi connectivity index (χ4n) is 10.7. The molecular formula is C52H73NO12. The summed E-state index contributed by atoms with van der Waals surface area (Å²) < 4.78 is 30.9. The molecule has 14 atom stereocenters. The van der Waals surface area contributed by atoms with Crippen LogP contribution in [-0.4, -0.2) is 119 Å². The van der Waals surface area contributed by atoms with Crippen molar-refractivity contribution in [3.05, 3.63) is 65.8 Å². The summed E-state index contributed by atoms with van der Waals surface area (Å²) >= 11 is 0. The third-order valence-corrected chi connectivity index (χ3v) is 14.6. The van der Waals surface area contributed by atoms with Crippen molar-refractivity contribution in [3.8, 4) is 5.75 Å². The second kappa shape index (κ2) is 22.2. The normalized spacial score (nSPS) is 37.4. The Bertz CT molecular complexity index is 2040. The van der Waals surface area contributed by atoms with E-state index in [4.69, 9.17) is 23.7 Å². The number of amides is 1. The Morgan fingerprint density at radius 2 is 1.58 bits per heavy atom. The molecule has 14 unspecified atom stereocenters. The lowest BCUT2D eigenvalue weighted by Gasteiger charge is -2.47. The van der Waals surface area contributed by atoms with Crippen LogP contribution < -0.4 is 4.74 Å². The van der Waals surface area contributed by atoms with Crippen molar-refractivity contribution in [2.45, 2.75) is 167 Å². The van der Waals surface area contributed by atoms with E-state index in [-0.39, 0.29) is 43.4 Å². The van der Waals surface area contributed by atoms with Crippen LogP contribution in [0.15, 0.2) is 65.8 Å². The third kappa shape index (κ3) is 11.6. The molecule has 13 nitrogen and oxygen atoms in total. The smallest absolute Gasteiger partial charge is 0.329 e. The summed E-state index contributed by atoms with van der Waals surface area (Å²) in [7, 11) is 3.07. The van der Waals surface area contributed by atoms with E-state index in [0.717, 1.165) is 16.3 Å². The van der Waals surface area contributed by atoms with Crippen LogP contribution in [0.25, 0.3) is 10.8 Å². The van der Waals surface area contributed by atoms with Crippen LogP contribution in [-0.2, 0) is 38.1 Å². The van der Waals surface area contributed by atoms with Gasteiger partial charge in [-0.05, 0) is 107 Å². The maximum Gasteiger partial charge on any atom is 0.329 e. The van der Waals surface area contributed by atoms with Gasteiger partial charge < -0.3 is 43.9 Å². The summed E-state index contributed by atoms with van der Waals surface area (Å²) in [5, 5.41) is 37.1. The first kappa shape index (κ1) is 50.4. The monoisotopic (exact) mass is 904 g/mol. The van der Waals surface area contributed by atoms with Gasteiger partial charge in [0.2, 0.25) is 5.79 Å². The number of allylic oxidation sites excluding steroid dienone is 3.